The highest BCUT2D eigenvalue weighted by atomic mass is 32.2. The first kappa shape index (κ1) is 18.9. The number of benzene rings is 2. The minimum Gasteiger partial charge on any atom is -0.508 e. The number of thioether (sulfide) groups is 1. The highest BCUT2D eigenvalue weighted by molar-refractivity contribution is 7.98. The van der Waals surface area contributed by atoms with Gasteiger partial charge in [0.25, 0.3) is 0 Å². The Kier molecular flexibility index (Phi) is 4.83. The Labute approximate surface area is 177 Å². The van der Waals surface area contributed by atoms with E-state index < -0.39 is 5.63 Å². The molecule has 0 amide bonds. The molecule has 0 unspecified atom stereocenters. The van der Waals surface area contributed by atoms with Gasteiger partial charge in [-0.25, -0.2) is 4.79 Å². The van der Waals surface area contributed by atoms with Gasteiger partial charge in [0.15, 0.2) is 5.16 Å². The lowest BCUT2D eigenvalue weighted by Crippen LogP contribution is -2.03. The lowest BCUT2D eigenvalue weighted by atomic mass is 10.1. The lowest BCUT2D eigenvalue weighted by Gasteiger charge is -2.11. The van der Waals surface area contributed by atoms with Crippen LogP contribution in [0.1, 0.15) is 42.6 Å². The Morgan fingerprint density at radius 2 is 1.93 bits per heavy atom. The first-order valence-corrected chi connectivity index (χ1v) is 11.0. The van der Waals surface area contributed by atoms with Crippen molar-refractivity contribution in [2.45, 2.75) is 43.0 Å². The predicted molar refractivity (Wildman–Crippen MR) is 116 cm³/mol. The van der Waals surface area contributed by atoms with Gasteiger partial charge in [-0.2, -0.15) is 0 Å². The first-order chi connectivity index (χ1) is 14.6. The van der Waals surface area contributed by atoms with E-state index in [-0.39, 0.29) is 5.75 Å². The summed E-state index contributed by atoms with van der Waals surface area (Å²) >= 11 is 1.55. The monoisotopic (exact) mass is 419 g/mol. The van der Waals surface area contributed by atoms with Crippen LogP contribution in [-0.4, -0.2) is 19.9 Å². The van der Waals surface area contributed by atoms with Gasteiger partial charge in [-0.05, 0) is 48.6 Å². The summed E-state index contributed by atoms with van der Waals surface area (Å²) in [6, 6.07) is 15.1. The molecule has 0 bridgehead atoms. The molecule has 2 heterocycles. The van der Waals surface area contributed by atoms with Crippen molar-refractivity contribution < 1.29 is 9.52 Å². The van der Waals surface area contributed by atoms with Gasteiger partial charge in [-0.3, -0.25) is 4.57 Å². The van der Waals surface area contributed by atoms with Crippen molar-refractivity contribution >= 4 is 22.7 Å². The Morgan fingerprint density at radius 1 is 1.13 bits per heavy atom. The molecule has 1 fully saturated rings. The minimum absolute atomic E-state index is 0.149. The van der Waals surface area contributed by atoms with Crippen molar-refractivity contribution in [1.82, 2.24) is 14.8 Å². The third kappa shape index (κ3) is 3.50. The molecule has 7 heteroatoms. The van der Waals surface area contributed by atoms with Crippen LogP contribution in [0.15, 0.2) is 62.9 Å². The van der Waals surface area contributed by atoms with E-state index >= 15 is 0 Å². The van der Waals surface area contributed by atoms with Crippen LogP contribution in [0.3, 0.4) is 0 Å². The summed E-state index contributed by atoms with van der Waals surface area (Å²) < 4.78 is 7.44. The van der Waals surface area contributed by atoms with Gasteiger partial charge >= 0.3 is 5.63 Å². The van der Waals surface area contributed by atoms with Crippen molar-refractivity contribution in [2.75, 3.05) is 0 Å². The van der Waals surface area contributed by atoms with Crippen molar-refractivity contribution in [3.8, 4) is 11.4 Å². The molecule has 1 aliphatic rings. The van der Waals surface area contributed by atoms with Crippen molar-refractivity contribution in [3.63, 3.8) is 0 Å². The number of phenolic OH excluding ortho intramolecular Hbond substituents is 1. The Hall–Kier alpha value is -3.06. The molecule has 30 heavy (non-hydrogen) atoms. The van der Waals surface area contributed by atoms with E-state index in [9.17, 15) is 9.90 Å². The molecule has 1 saturated carbocycles. The SMILES string of the molecule is CCc1cc2c(CSc3nnc(C4CC4)n3-c3ccccc3)cc(=O)oc2cc1O. The summed E-state index contributed by atoms with van der Waals surface area (Å²) in [5.74, 6) is 2.16. The van der Waals surface area contributed by atoms with Crippen LogP contribution < -0.4 is 5.63 Å². The number of aryl methyl sites for hydroxylation is 1. The quantitative estimate of drug-likeness (QED) is 0.357. The summed E-state index contributed by atoms with van der Waals surface area (Å²) in [4.78, 5) is 12.1. The van der Waals surface area contributed by atoms with E-state index in [0.29, 0.717) is 23.7 Å². The largest absolute Gasteiger partial charge is 0.508 e. The third-order valence-electron chi connectivity index (χ3n) is 5.38. The fourth-order valence-corrected chi connectivity index (χ4v) is 4.60. The molecular weight excluding hydrogens is 398 g/mol. The molecule has 0 atom stereocenters. The zero-order valence-corrected chi connectivity index (χ0v) is 17.4. The average Bonchev–Trinajstić information content (AvgIpc) is 3.51. The molecule has 4 aromatic rings. The molecule has 0 saturated heterocycles. The van der Waals surface area contributed by atoms with Crippen molar-refractivity contribution in [2.24, 2.45) is 0 Å². The second-order valence-electron chi connectivity index (χ2n) is 7.50. The Morgan fingerprint density at radius 3 is 2.67 bits per heavy atom. The Bertz CT molecular complexity index is 1280. The van der Waals surface area contributed by atoms with Gasteiger partial charge in [-0.15, -0.1) is 10.2 Å². The lowest BCUT2D eigenvalue weighted by molar-refractivity contribution is 0.466. The second kappa shape index (κ2) is 7.65. The topological polar surface area (TPSA) is 81.2 Å². The van der Waals surface area contributed by atoms with Crippen molar-refractivity contribution in [1.29, 1.82) is 0 Å². The maximum atomic E-state index is 12.1. The number of aromatic hydroxyl groups is 1. The summed E-state index contributed by atoms with van der Waals surface area (Å²) in [7, 11) is 0. The number of para-hydroxylation sites is 1. The molecule has 2 aromatic carbocycles. The van der Waals surface area contributed by atoms with Crippen LogP contribution in [0.2, 0.25) is 0 Å². The maximum absolute atomic E-state index is 12.1. The van der Waals surface area contributed by atoms with Gasteiger partial charge in [0.2, 0.25) is 0 Å². The van der Waals surface area contributed by atoms with E-state index in [0.717, 1.165) is 46.0 Å². The highest BCUT2D eigenvalue weighted by Crippen LogP contribution is 2.41. The molecule has 0 aliphatic heterocycles. The smallest absolute Gasteiger partial charge is 0.336 e. The minimum atomic E-state index is -0.426. The summed E-state index contributed by atoms with van der Waals surface area (Å²) in [6.07, 6.45) is 2.98. The molecule has 1 aliphatic carbocycles. The van der Waals surface area contributed by atoms with E-state index in [2.05, 4.69) is 26.9 Å². The number of nitrogens with zero attached hydrogens (tertiary/aromatic N) is 3. The van der Waals surface area contributed by atoms with Gasteiger partial charge in [-0.1, -0.05) is 36.9 Å². The number of aromatic nitrogens is 3. The van der Waals surface area contributed by atoms with Crippen LogP contribution in [0.25, 0.3) is 16.7 Å². The fraction of sp³-hybridized carbons (Fsp3) is 0.261. The third-order valence-corrected chi connectivity index (χ3v) is 6.36. The summed E-state index contributed by atoms with van der Waals surface area (Å²) in [6.45, 7) is 1.98. The fourth-order valence-electron chi connectivity index (χ4n) is 3.65. The number of rotatable bonds is 6. The maximum Gasteiger partial charge on any atom is 0.336 e. The average molecular weight is 420 g/mol. The predicted octanol–water partition coefficient (Wildman–Crippen LogP) is 4.81. The summed E-state index contributed by atoms with van der Waals surface area (Å²) in [5, 5.41) is 20.7. The van der Waals surface area contributed by atoms with Gasteiger partial charge in [0.05, 0.1) is 0 Å². The molecule has 0 spiro atoms. The number of hydrogen-bond donors (Lipinski definition) is 1. The van der Waals surface area contributed by atoms with Gasteiger partial charge in [0.1, 0.15) is 17.2 Å². The normalized spacial score (nSPS) is 13.8. The molecule has 152 valence electrons. The molecule has 5 rings (SSSR count). The van der Waals surface area contributed by atoms with Crippen LogP contribution >= 0.6 is 11.8 Å². The van der Waals surface area contributed by atoms with E-state index in [1.165, 1.54) is 12.1 Å². The van der Waals surface area contributed by atoms with E-state index in [4.69, 9.17) is 4.42 Å². The summed E-state index contributed by atoms with van der Waals surface area (Å²) in [5.41, 5.74) is 2.70. The number of phenols is 1. The second-order valence-corrected chi connectivity index (χ2v) is 8.44. The van der Waals surface area contributed by atoms with Crippen LogP contribution in [0.4, 0.5) is 0 Å². The molecule has 0 radical (unpaired) electrons. The van der Waals surface area contributed by atoms with E-state index in [1.807, 2.05) is 31.2 Å². The zero-order valence-electron chi connectivity index (χ0n) is 16.5. The standard InChI is InChI=1S/C23H21N3O3S/c1-2-14-10-18-16(11-21(28)29-20(18)12-19(14)27)13-30-23-25-24-22(15-8-9-15)26(23)17-6-4-3-5-7-17/h3-7,10-12,15,27H,2,8-9,13H2,1H3. The molecule has 2 aromatic heterocycles. The molecule has 6 nitrogen and oxygen atoms in total. The van der Waals surface area contributed by atoms with Gasteiger partial charge < -0.3 is 9.52 Å². The van der Waals surface area contributed by atoms with Crippen molar-refractivity contribution in [3.05, 3.63) is 75.9 Å². The van der Waals surface area contributed by atoms with Crippen LogP contribution in [0, 0.1) is 0 Å². The first-order valence-electron chi connectivity index (χ1n) is 10.1. The Balaban J connectivity index is 1.53. The van der Waals surface area contributed by atoms with Crippen LogP contribution in [-0.2, 0) is 12.2 Å². The highest BCUT2D eigenvalue weighted by Gasteiger charge is 2.31. The van der Waals surface area contributed by atoms with Gasteiger partial charge in [0, 0.05) is 34.9 Å². The number of hydrogen-bond acceptors (Lipinski definition) is 6. The van der Waals surface area contributed by atoms with E-state index in [1.54, 1.807) is 11.8 Å². The van der Waals surface area contributed by atoms with Crippen LogP contribution in [0.5, 0.6) is 5.75 Å². The number of fused-ring (bicyclic) bond motifs is 1. The zero-order chi connectivity index (χ0) is 20.7. The molecule has 1 N–H and O–H groups in total. The molecular formula is C23H21N3O3S.